The molecule has 0 unspecified atom stereocenters. The van der Waals surface area contributed by atoms with Crippen LogP contribution in [0.2, 0.25) is 0 Å². The zero-order chi connectivity index (χ0) is 23.0. The van der Waals surface area contributed by atoms with E-state index in [0.29, 0.717) is 18.8 Å². The molecule has 0 aliphatic carbocycles. The Labute approximate surface area is 205 Å². The Bertz CT molecular complexity index is 1210. The third-order valence-corrected chi connectivity index (χ3v) is 6.85. The quantitative estimate of drug-likeness (QED) is 0.373. The van der Waals surface area contributed by atoms with Crippen LogP contribution in [-0.2, 0) is 17.5 Å². The van der Waals surface area contributed by atoms with Gasteiger partial charge in [0.05, 0.1) is 28.9 Å². The summed E-state index contributed by atoms with van der Waals surface area (Å²) in [5.74, 6) is 0.591. The molecule has 176 valence electrons. The molecule has 10 heteroatoms. The van der Waals surface area contributed by atoms with Crippen molar-refractivity contribution in [2.24, 2.45) is 0 Å². The van der Waals surface area contributed by atoms with E-state index in [1.54, 1.807) is 0 Å². The van der Waals surface area contributed by atoms with Crippen LogP contribution in [0.1, 0.15) is 24.4 Å². The van der Waals surface area contributed by atoms with Gasteiger partial charge in [-0.3, -0.25) is 4.79 Å². The summed E-state index contributed by atoms with van der Waals surface area (Å²) in [5.41, 5.74) is 1.51. The van der Waals surface area contributed by atoms with E-state index in [2.05, 4.69) is 0 Å². The van der Waals surface area contributed by atoms with Crippen molar-refractivity contribution >= 4 is 56.4 Å². The molecule has 33 heavy (non-hydrogen) atoms. The fraction of sp³-hybridized carbons (Fsp3) is 0.304. The first-order chi connectivity index (χ1) is 15.3. The van der Waals surface area contributed by atoms with Gasteiger partial charge in [0, 0.05) is 19.2 Å². The van der Waals surface area contributed by atoms with Crippen molar-refractivity contribution in [3.63, 3.8) is 0 Å². The number of nitrogens with zero attached hydrogens (tertiary/aromatic N) is 3. The summed E-state index contributed by atoms with van der Waals surface area (Å²) in [5, 5.41) is 0.834. The molecule has 0 bridgehead atoms. The van der Waals surface area contributed by atoms with Gasteiger partial charge >= 0.3 is 6.18 Å². The van der Waals surface area contributed by atoms with Gasteiger partial charge in [0.15, 0.2) is 0 Å². The van der Waals surface area contributed by atoms with Crippen LogP contribution in [0.5, 0.6) is 0 Å². The molecule has 0 amide bonds. The van der Waals surface area contributed by atoms with Crippen LogP contribution >= 0.6 is 22.9 Å². The molecule has 0 saturated heterocycles. The lowest BCUT2D eigenvalue weighted by Gasteiger charge is -2.22. The van der Waals surface area contributed by atoms with E-state index in [-0.39, 0.29) is 30.6 Å². The number of halogens is 5. The van der Waals surface area contributed by atoms with Crippen LogP contribution in [-0.4, -0.2) is 24.8 Å². The maximum Gasteiger partial charge on any atom is 0.416 e. The monoisotopic (exact) mass is 515 g/mol. The first-order valence-electron chi connectivity index (χ1n) is 10.3. The van der Waals surface area contributed by atoms with Crippen molar-refractivity contribution in [2.75, 3.05) is 28.8 Å². The Morgan fingerprint density at radius 3 is 2.39 bits per heavy atom. The number of hydrogen-bond donors (Lipinski definition) is 0. The number of anilines is 2. The van der Waals surface area contributed by atoms with Gasteiger partial charge in [-0.1, -0.05) is 23.5 Å². The first-order valence-corrected chi connectivity index (χ1v) is 11.6. The van der Waals surface area contributed by atoms with Gasteiger partial charge in [0.1, 0.15) is 10.5 Å². The number of thiazole rings is 1. The molecule has 0 radical (unpaired) electrons. The van der Waals surface area contributed by atoms with E-state index >= 15 is 0 Å². The minimum absolute atomic E-state index is 0. The number of ketones is 1. The number of fused-ring (bicyclic) bond motifs is 2. The fourth-order valence-electron chi connectivity index (χ4n) is 4.01. The first kappa shape index (κ1) is 25.3. The van der Waals surface area contributed by atoms with Crippen molar-refractivity contribution in [3.05, 3.63) is 58.9 Å². The Kier molecular flexibility index (Phi) is 7.61. The summed E-state index contributed by atoms with van der Waals surface area (Å²) < 4.78 is 43.0. The summed E-state index contributed by atoms with van der Waals surface area (Å²) in [4.78, 5) is 16.0. The Balaban J connectivity index is 0.00000306. The zero-order valence-corrected chi connectivity index (χ0v) is 20.3. The average Bonchev–Trinajstić information content (AvgIpc) is 3.27. The molecule has 2 heterocycles. The smallest absolute Gasteiger partial charge is 0.416 e. The fourth-order valence-corrected chi connectivity index (χ4v) is 5.19. The van der Waals surface area contributed by atoms with Gasteiger partial charge < -0.3 is 22.2 Å². The summed E-state index contributed by atoms with van der Waals surface area (Å²) in [6.07, 6.45) is -2.46. The number of Topliss-reactive ketones (excluding diaryl/α,β-unsaturated/α-hetero) is 1. The van der Waals surface area contributed by atoms with Crippen LogP contribution in [0.4, 0.5) is 24.5 Å². The highest BCUT2D eigenvalue weighted by Crippen LogP contribution is 2.45. The minimum Gasteiger partial charge on any atom is -1.00 e. The predicted molar refractivity (Wildman–Crippen MR) is 123 cm³/mol. The highest BCUT2D eigenvalue weighted by atomic mass is 35.5. The number of alkyl halides is 4. The van der Waals surface area contributed by atoms with Crippen LogP contribution in [0.3, 0.4) is 0 Å². The molecule has 0 atom stereocenters. The highest BCUT2D eigenvalue weighted by molar-refractivity contribution is 7.18. The van der Waals surface area contributed by atoms with Gasteiger partial charge in [0.2, 0.25) is 17.8 Å². The maximum atomic E-state index is 13.3. The molecular weight excluding hydrogens is 494 g/mol. The van der Waals surface area contributed by atoms with E-state index in [1.807, 2.05) is 58.6 Å². The Hall–Kier alpha value is -2.29. The van der Waals surface area contributed by atoms with E-state index in [4.69, 9.17) is 11.6 Å². The number of para-hydroxylation sites is 1. The van der Waals surface area contributed by atoms with Crippen molar-refractivity contribution < 1.29 is 34.9 Å². The molecule has 0 spiro atoms. The normalized spacial score (nSPS) is 14.7. The SMILES string of the molecule is CCN1C(=Cc2sc3ccccc3[n+]2CC(=O)CCl)N(CC)c2cc(C(F)(F)F)ccc21.[Cl-]. The third-order valence-electron chi connectivity index (χ3n) is 5.44. The van der Waals surface area contributed by atoms with Crippen LogP contribution in [0, 0.1) is 0 Å². The number of carbonyl (C=O) groups excluding carboxylic acids is 1. The molecule has 0 fully saturated rings. The lowest BCUT2D eigenvalue weighted by molar-refractivity contribution is -0.655. The number of hydrogen-bond acceptors (Lipinski definition) is 4. The van der Waals surface area contributed by atoms with Gasteiger partial charge in [-0.05, 0) is 38.1 Å². The van der Waals surface area contributed by atoms with Crippen molar-refractivity contribution in [1.82, 2.24) is 0 Å². The molecule has 3 aromatic rings. The van der Waals surface area contributed by atoms with E-state index in [1.165, 1.54) is 23.5 Å². The molecule has 0 N–H and O–H groups in total. The number of benzene rings is 2. The van der Waals surface area contributed by atoms with E-state index in [0.717, 1.165) is 32.8 Å². The van der Waals surface area contributed by atoms with Gasteiger partial charge in [-0.25, -0.2) is 0 Å². The maximum absolute atomic E-state index is 13.3. The van der Waals surface area contributed by atoms with E-state index < -0.39 is 11.7 Å². The standard InChI is InChI=1S/C23H22ClF3N3OS.ClH/c1-3-28-17-10-9-15(23(25,26)27)11-19(17)29(4-2)21(28)12-22-30(14-16(31)13-24)18-7-5-6-8-20(18)32-22;/h5-12H,3-4,13-14H2,1-2H3;1H/q+1;/p-1. The van der Waals surface area contributed by atoms with Crippen LogP contribution in [0.25, 0.3) is 16.3 Å². The van der Waals surface area contributed by atoms with Crippen LogP contribution in [0.15, 0.2) is 48.3 Å². The van der Waals surface area contributed by atoms with Gasteiger partial charge in [0.25, 0.3) is 5.01 Å². The highest BCUT2D eigenvalue weighted by Gasteiger charge is 2.36. The zero-order valence-electron chi connectivity index (χ0n) is 18.0. The number of rotatable bonds is 6. The summed E-state index contributed by atoms with van der Waals surface area (Å²) in [7, 11) is 0. The molecular formula is C23H22Cl2F3N3OS. The van der Waals surface area contributed by atoms with Crippen molar-refractivity contribution in [1.29, 1.82) is 0 Å². The third kappa shape index (κ3) is 4.69. The summed E-state index contributed by atoms with van der Waals surface area (Å²) >= 11 is 7.30. The van der Waals surface area contributed by atoms with Gasteiger partial charge in [-0.15, -0.1) is 11.6 Å². The molecule has 1 aromatic heterocycles. The molecule has 4 rings (SSSR count). The van der Waals surface area contributed by atoms with Crippen molar-refractivity contribution in [2.45, 2.75) is 26.6 Å². The molecule has 1 aliphatic heterocycles. The second-order valence-corrected chi connectivity index (χ2v) is 8.69. The second kappa shape index (κ2) is 9.91. The molecule has 4 nitrogen and oxygen atoms in total. The molecule has 0 saturated carbocycles. The van der Waals surface area contributed by atoms with Crippen molar-refractivity contribution in [3.8, 4) is 0 Å². The van der Waals surface area contributed by atoms with Crippen LogP contribution < -0.4 is 26.8 Å². The summed E-state index contributed by atoms with van der Waals surface area (Å²) in [6, 6.07) is 11.6. The lowest BCUT2D eigenvalue weighted by atomic mass is 10.1. The average molecular weight is 516 g/mol. The number of carbonyl (C=O) groups is 1. The Morgan fingerprint density at radius 2 is 1.76 bits per heavy atom. The lowest BCUT2D eigenvalue weighted by Crippen LogP contribution is -3.00. The number of aromatic nitrogens is 1. The second-order valence-electron chi connectivity index (χ2n) is 7.36. The van der Waals surface area contributed by atoms with E-state index in [9.17, 15) is 18.0 Å². The Morgan fingerprint density at radius 1 is 1.09 bits per heavy atom. The predicted octanol–water partition coefficient (Wildman–Crippen LogP) is 2.68. The largest absolute Gasteiger partial charge is 1.00 e. The van der Waals surface area contributed by atoms with Gasteiger partial charge in [-0.2, -0.15) is 17.7 Å². The summed E-state index contributed by atoms with van der Waals surface area (Å²) in [6.45, 7) is 5.10. The topological polar surface area (TPSA) is 27.4 Å². The molecule has 1 aliphatic rings. The minimum atomic E-state index is -4.41. The molecule has 2 aromatic carbocycles.